The Morgan fingerprint density at radius 1 is 1.44 bits per heavy atom. The fourth-order valence-corrected chi connectivity index (χ4v) is 1.53. The van der Waals surface area contributed by atoms with Gasteiger partial charge in [-0.25, -0.2) is 4.79 Å². The van der Waals surface area contributed by atoms with E-state index in [9.17, 15) is 4.79 Å². The largest absolute Gasteiger partial charge is 0.442 e. The molecular formula is C11H10ClN3O3. The van der Waals surface area contributed by atoms with Gasteiger partial charge in [0, 0.05) is 0 Å². The Bertz CT molecular complexity index is 568. The molecule has 0 amide bonds. The van der Waals surface area contributed by atoms with Crippen molar-refractivity contribution in [1.82, 2.24) is 9.78 Å². The van der Waals surface area contributed by atoms with Gasteiger partial charge in [0.05, 0.1) is 5.69 Å². The zero-order valence-electron chi connectivity index (χ0n) is 9.42. The number of benzene rings is 1. The van der Waals surface area contributed by atoms with Crippen LogP contribution in [0.3, 0.4) is 0 Å². The maximum Gasteiger partial charge on any atom is 0.442 e. The summed E-state index contributed by atoms with van der Waals surface area (Å²) in [5, 5.41) is 12.9. The Morgan fingerprint density at radius 2 is 2.11 bits per heavy atom. The molecule has 2 rings (SSSR count). The van der Waals surface area contributed by atoms with Crippen LogP contribution in [-0.2, 0) is 0 Å². The van der Waals surface area contributed by atoms with Gasteiger partial charge in [0.1, 0.15) is 10.8 Å². The summed E-state index contributed by atoms with van der Waals surface area (Å²) in [4.78, 5) is 11.8. The smallest absolute Gasteiger partial charge is 0.409 e. The lowest BCUT2D eigenvalue weighted by Gasteiger charge is -2.05. The highest BCUT2D eigenvalue weighted by Crippen LogP contribution is 2.25. The minimum Gasteiger partial charge on any atom is -0.409 e. The van der Waals surface area contributed by atoms with Crippen LogP contribution in [0.15, 0.2) is 30.3 Å². The SMILES string of the molecule is Cc1nn(C(=O)Oc2ccccc2)c(NO)c1Cl. The lowest BCUT2D eigenvalue weighted by molar-refractivity contribution is 0.198. The van der Waals surface area contributed by atoms with E-state index in [2.05, 4.69) is 5.10 Å². The second-order valence-corrected chi connectivity index (χ2v) is 3.83. The van der Waals surface area contributed by atoms with Crippen LogP contribution in [0.5, 0.6) is 5.75 Å². The van der Waals surface area contributed by atoms with E-state index in [1.165, 1.54) is 0 Å². The van der Waals surface area contributed by atoms with Crippen molar-refractivity contribution in [3.05, 3.63) is 41.0 Å². The van der Waals surface area contributed by atoms with E-state index < -0.39 is 6.09 Å². The molecule has 0 saturated heterocycles. The minimum absolute atomic E-state index is 0.0323. The molecule has 0 saturated carbocycles. The molecule has 1 aromatic heterocycles. The van der Waals surface area contributed by atoms with Crippen molar-refractivity contribution in [2.45, 2.75) is 6.92 Å². The first kappa shape index (κ1) is 12.4. The predicted molar refractivity (Wildman–Crippen MR) is 65.2 cm³/mol. The summed E-state index contributed by atoms with van der Waals surface area (Å²) >= 11 is 5.85. The molecular weight excluding hydrogens is 258 g/mol. The molecule has 0 aliphatic heterocycles. The number of hydrogen-bond acceptors (Lipinski definition) is 5. The maximum absolute atomic E-state index is 11.8. The quantitative estimate of drug-likeness (QED) is 0.818. The lowest BCUT2D eigenvalue weighted by atomic mass is 10.3. The fraction of sp³-hybridized carbons (Fsp3) is 0.0909. The van der Waals surface area contributed by atoms with E-state index in [1.807, 2.05) is 5.48 Å². The predicted octanol–water partition coefficient (Wildman–Crippen LogP) is 2.69. The van der Waals surface area contributed by atoms with Crippen LogP contribution < -0.4 is 10.2 Å². The second-order valence-electron chi connectivity index (χ2n) is 3.45. The number of nitrogens with one attached hydrogen (secondary N) is 1. The third-order valence-corrected chi connectivity index (χ3v) is 2.67. The first-order chi connectivity index (χ1) is 8.63. The molecule has 2 N–H and O–H groups in total. The average Bonchev–Trinajstić information content (AvgIpc) is 2.67. The van der Waals surface area contributed by atoms with Gasteiger partial charge < -0.3 is 4.74 Å². The van der Waals surface area contributed by atoms with E-state index in [0.29, 0.717) is 11.4 Å². The van der Waals surface area contributed by atoms with Gasteiger partial charge >= 0.3 is 6.09 Å². The van der Waals surface area contributed by atoms with Crippen molar-refractivity contribution in [3.8, 4) is 5.75 Å². The molecule has 94 valence electrons. The third-order valence-electron chi connectivity index (χ3n) is 2.21. The van der Waals surface area contributed by atoms with Crippen LogP contribution in [-0.4, -0.2) is 21.1 Å². The summed E-state index contributed by atoms with van der Waals surface area (Å²) in [7, 11) is 0. The molecule has 1 aromatic carbocycles. The molecule has 0 spiro atoms. The molecule has 0 bridgehead atoms. The third kappa shape index (κ3) is 2.29. The van der Waals surface area contributed by atoms with Gasteiger partial charge in [0.25, 0.3) is 0 Å². The van der Waals surface area contributed by atoms with Crippen LogP contribution in [0.1, 0.15) is 5.69 Å². The Labute approximate surface area is 108 Å². The number of aromatic nitrogens is 2. The van der Waals surface area contributed by atoms with Crippen molar-refractivity contribution >= 4 is 23.5 Å². The number of para-hydroxylation sites is 1. The van der Waals surface area contributed by atoms with Gasteiger partial charge in [-0.1, -0.05) is 29.8 Å². The van der Waals surface area contributed by atoms with E-state index >= 15 is 0 Å². The van der Waals surface area contributed by atoms with Crippen LogP contribution >= 0.6 is 11.6 Å². The number of anilines is 1. The number of aryl methyl sites for hydroxylation is 1. The molecule has 0 aliphatic carbocycles. The molecule has 0 radical (unpaired) electrons. The summed E-state index contributed by atoms with van der Waals surface area (Å²) in [6, 6.07) is 8.51. The van der Waals surface area contributed by atoms with Gasteiger partial charge in [-0.15, -0.1) is 4.68 Å². The molecule has 2 aromatic rings. The Kier molecular flexibility index (Phi) is 3.50. The summed E-state index contributed by atoms with van der Waals surface area (Å²) in [6.45, 7) is 1.61. The average molecular weight is 268 g/mol. The standard InChI is InChI=1S/C11H10ClN3O3/c1-7-9(12)10(14-17)15(13-7)11(16)18-8-5-3-2-4-6-8/h2-6,14,17H,1H3. The van der Waals surface area contributed by atoms with Crippen molar-refractivity contribution in [1.29, 1.82) is 0 Å². The first-order valence-corrected chi connectivity index (χ1v) is 5.43. The van der Waals surface area contributed by atoms with Gasteiger partial charge in [-0.2, -0.15) is 5.10 Å². The molecule has 7 heteroatoms. The van der Waals surface area contributed by atoms with E-state index in [-0.39, 0.29) is 10.8 Å². The topological polar surface area (TPSA) is 76.4 Å². The number of nitrogens with zero attached hydrogens (tertiary/aromatic N) is 2. The Hall–Kier alpha value is -2.05. The van der Waals surface area contributed by atoms with Crippen molar-refractivity contribution in [2.75, 3.05) is 5.48 Å². The maximum atomic E-state index is 11.8. The zero-order valence-corrected chi connectivity index (χ0v) is 10.2. The summed E-state index contributed by atoms with van der Waals surface area (Å²) in [6.07, 6.45) is -0.771. The molecule has 0 atom stereocenters. The van der Waals surface area contributed by atoms with E-state index in [0.717, 1.165) is 4.68 Å². The molecule has 0 aliphatic rings. The summed E-state index contributed by atoms with van der Waals surface area (Å²) in [5.74, 6) is 0.339. The number of carbonyl (C=O) groups is 1. The van der Waals surface area contributed by atoms with Crippen molar-refractivity contribution in [2.24, 2.45) is 0 Å². The number of rotatable bonds is 2. The highest BCUT2D eigenvalue weighted by molar-refractivity contribution is 6.33. The van der Waals surface area contributed by atoms with Gasteiger partial charge in [-0.05, 0) is 19.1 Å². The van der Waals surface area contributed by atoms with Crippen LogP contribution in [0.25, 0.3) is 0 Å². The molecule has 0 fully saturated rings. The number of hydrogen-bond donors (Lipinski definition) is 2. The number of halogens is 1. The van der Waals surface area contributed by atoms with Gasteiger partial charge in [0.15, 0.2) is 5.82 Å². The van der Waals surface area contributed by atoms with Crippen molar-refractivity contribution in [3.63, 3.8) is 0 Å². The fourth-order valence-electron chi connectivity index (χ4n) is 1.37. The first-order valence-electron chi connectivity index (χ1n) is 5.06. The summed E-state index contributed by atoms with van der Waals surface area (Å²) < 4.78 is 5.91. The van der Waals surface area contributed by atoms with Crippen LogP contribution in [0, 0.1) is 6.92 Å². The molecule has 1 heterocycles. The monoisotopic (exact) mass is 267 g/mol. The highest BCUT2D eigenvalue weighted by atomic mass is 35.5. The van der Waals surface area contributed by atoms with Gasteiger partial charge in [0.2, 0.25) is 0 Å². The van der Waals surface area contributed by atoms with E-state index in [4.69, 9.17) is 21.5 Å². The normalized spacial score (nSPS) is 10.2. The zero-order chi connectivity index (χ0) is 13.1. The Balaban J connectivity index is 2.27. The molecule has 18 heavy (non-hydrogen) atoms. The van der Waals surface area contributed by atoms with E-state index in [1.54, 1.807) is 37.3 Å². The molecule has 6 nitrogen and oxygen atoms in total. The lowest BCUT2D eigenvalue weighted by Crippen LogP contribution is -2.20. The van der Waals surface area contributed by atoms with Gasteiger partial charge in [-0.3, -0.25) is 10.7 Å². The van der Waals surface area contributed by atoms with Crippen LogP contribution in [0.2, 0.25) is 5.02 Å². The second kappa shape index (κ2) is 5.07. The summed E-state index contributed by atoms with van der Waals surface area (Å²) in [5.41, 5.74) is 2.22. The Morgan fingerprint density at radius 3 is 2.72 bits per heavy atom. The minimum atomic E-state index is -0.771. The van der Waals surface area contributed by atoms with Crippen LogP contribution in [0.4, 0.5) is 10.6 Å². The number of carbonyl (C=O) groups excluding carboxylic acids is 1. The highest BCUT2D eigenvalue weighted by Gasteiger charge is 2.19. The molecule has 0 unspecified atom stereocenters. The number of ether oxygens (including phenoxy) is 1. The van der Waals surface area contributed by atoms with Crippen molar-refractivity contribution < 1.29 is 14.7 Å².